The molecule has 4 rings (SSSR count). The molecule has 3 heterocycles. The molecule has 0 aliphatic heterocycles. The lowest BCUT2D eigenvalue weighted by Gasteiger charge is -2.32. The van der Waals surface area contributed by atoms with Gasteiger partial charge in [-0.05, 0) is 57.1 Å². The van der Waals surface area contributed by atoms with Gasteiger partial charge in [0, 0.05) is 16.8 Å². The number of halogens is 1. The maximum Gasteiger partial charge on any atom is 0.257 e. The molecular weight excluding hydrogens is 451 g/mol. The Balaban J connectivity index is 1.55. The van der Waals surface area contributed by atoms with Crippen LogP contribution in [-0.2, 0) is 11.2 Å². The number of hydrogen-bond acceptors (Lipinski definition) is 6. The van der Waals surface area contributed by atoms with Crippen LogP contribution in [0.3, 0.4) is 0 Å². The first-order chi connectivity index (χ1) is 16.8. The van der Waals surface area contributed by atoms with Crippen molar-refractivity contribution >= 4 is 17.6 Å². The van der Waals surface area contributed by atoms with E-state index in [9.17, 15) is 9.59 Å². The molecule has 0 aromatic carbocycles. The molecule has 0 radical (unpaired) electrons. The molecule has 1 aliphatic carbocycles. The Morgan fingerprint density at radius 1 is 1.20 bits per heavy atom. The second-order valence-electron chi connectivity index (χ2n) is 9.32. The van der Waals surface area contributed by atoms with E-state index in [0.29, 0.717) is 34.9 Å². The zero-order valence-electron chi connectivity index (χ0n) is 20.4. The van der Waals surface area contributed by atoms with Crippen molar-refractivity contribution in [2.45, 2.75) is 65.8 Å². The number of aromatic nitrogens is 4. The van der Waals surface area contributed by atoms with Crippen LogP contribution in [0, 0.1) is 31.6 Å². The first-order valence-corrected chi connectivity index (χ1v) is 12.0. The number of carbonyl (C=O) groups excluding carboxylic acids is 2. The summed E-state index contributed by atoms with van der Waals surface area (Å²) in [5.74, 6) is -0.942. The predicted molar refractivity (Wildman–Crippen MR) is 128 cm³/mol. The molecule has 186 valence electrons. The summed E-state index contributed by atoms with van der Waals surface area (Å²) in [6.45, 7) is 7.60. The van der Waals surface area contributed by atoms with Crippen LogP contribution >= 0.6 is 0 Å². The van der Waals surface area contributed by atoms with Crippen molar-refractivity contribution in [2.24, 2.45) is 11.8 Å². The SMILES string of the molecule is CCc1[nH]nc(C)c1-c1ccc(NC(=O)C(NC(=O)c2conc2C)C2CCC(C)CC2)nc1F. The van der Waals surface area contributed by atoms with Gasteiger partial charge in [0.1, 0.15) is 23.7 Å². The zero-order valence-corrected chi connectivity index (χ0v) is 20.4. The summed E-state index contributed by atoms with van der Waals surface area (Å²) in [7, 11) is 0. The molecule has 0 saturated heterocycles. The number of aryl methyl sites for hydroxylation is 3. The number of H-pyrrole nitrogens is 1. The van der Waals surface area contributed by atoms with E-state index in [-0.39, 0.29) is 17.3 Å². The topological polar surface area (TPSA) is 126 Å². The molecule has 1 aliphatic rings. The van der Waals surface area contributed by atoms with E-state index in [2.05, 4.69) is 37.9 Å². The second-order valence-corrected chi connectivity index (χ2v) is 9.32. The molecule has 3 aromatic heterocycles. The summed E-state index contributed by atoms with van der Waals surface area (Å²) < 4.78 is 19.9. The molecule has 3 N–H and O–H groups in total. The van der Waals surface area contributed by atoms with Crippen molar-refractivity contribution in [1.29, 1.82) is 0 Å². The molecule has 35 heavy (non-hydrogen) atoms. The van der Waals surface area contributed by atoms with Crippen LogP contribution in [-0.4, -0.2) is 38.2 Å². The van der Waals surface area contributed by atoms with Crippen LogP contribution < -0.4 is 10.6 Å². The van der Waals surface area contributed by atoms with Gasteiger partial charge < -0.3 is 15.2 Å². The number of rotatable bonds is 7. The highest BCUT2D eigenvalue weighted by Crippen LogP contribution is 2.32. The number of nitrogens with one attached hydrogen (secondary N) is 3. The number of carbonyl (C=O) groups is 2. The molecule has 0 bridgehead atoms. The first-order valence-electron chi connectivity index (χ1n) is 12.0. The van der Waals surface area contributed by atoms with Crippen molar-refractivity contribution < 1.29 is 18.5 Å². The number of nitrogens with zero attached hydrogens (tertiary/aromatic N) is 3. The first kappa shape index (κ1) is 24.6. The fourth-order valence-electron chi connectivity index (χ4n) is 4.74. The van der Waals surface area contributed by atoms with Gasteiger partial charge in [0.25, 0.3) is 5.91 Å². The van der Waals surface area contributed by atoms with E-state index in [1.807, 2.05) is 6.92 Å². The van der Waals surface area contributed by atoms with Crippen LogP contribution in [0.2, 0.25) is 0 Å². The Labute approximate surface area is 203 Å². The predicted octanol–water partition coefficient (Wildman–Crippen LogP) is 4.34. The summed E-state index contributed by atoms with van der Waals surface area (Å²) in [4.78, 5) is 30.2. The summed E-state index contributed by atoms with van der Waals surface area (Å²) in [5, 5.41) is 16.4. The monoisotopic (exact) mass is 482 g/mol. The minimum Gasteiger partial charge on any atom is -0.364 e. The van der Waals surface area contributed by atoms with E-state index in [4.69, 9.17) is 4.52 Å². The summed E-state index contributed by atoms with van der Waals surface area (Å²) in [6.07, 6.45) is 5.50. The van der Waals surface area contributed by atoms with Gasteiger partial charge in [-0.1, -0.05) is 31.8 Å². The third-order valence-electron chi connectivity index (χ3n) is 6.84. The molecule has 9 nitrogen and oxygen atoms in total. The Hall–Kier alpha value is -3.56. The van der Waals surface area contributed by atoms with Gasteiger partial charge in [0.15, 0.2) is 0 Å². The van der Waals surface area contributed by atoms with Gasteiger partial charge in [0.05, 0.1) is 11.4 Å². The molecule has 2 amide bonds. The van der Waals surface area contributed by atoms with Crippen molar-refractivity contribution in [3.63, 3.8) is 0 Å². The maximum atomic E-state index is 15.0. The van der Waals surface area contributed by atoms with Gasteiger partial charge in [-0.25, -0.2) is 4.98 Å². The molecule has 1 atom stereocenters. The Kier molecular flexibility index (Phi) is 7.28. The fourth-order valence-corrected chi connectivity index (χ4v) is 4.74. The summed E-state index contributed by atoms with van der Waals surface area (Å²) in [5.41, 5.74) is 3.22. The number of aromatic amines is 1. The average Bonchev–Trinajstić information content (AvgIpc) is 3.43. The van der Waals surface area contributed by atoms with Crippen LogP contribution in [0.4, 0.5) is 10.2 Å². The van der Waals surface area contributed by atoms with Gasteiger partial charge in [-0.2, -0.15) is 9.49 Å². The van der Waals surface area contributed by atoms with Gasteiger partial charge in [-0.3, -0.25) is 14.7 Å². The van der Waals surface area contributed by atoms with Gasteiger partial charge in [0.2, 0.25) is 11.9 Å². The van der Waals surface area contributed by atoms with Crippen LogP contribution in [0.25, 0.3) is 11.1 Å². The van der Waals surface area contributed by atoms with Crippen molar-refractivity contribution in [3.8, 4) is 11.1 Å². The highest BCUT2D eigenvalue weighted by molar-refractivity contribution is 6.01. The molecule has 1 saturated carbocycles. The van der Waals surface area contributed by atoms with Crippen molar-refractivity contribution in [3.05, 3.63) is 47.0 Å². The lowest BCUT2D eigenvalue weighted by atomic mass is 9.79. The zero-order chi connectivity index (χ0) is 25.1. The van der Waals surface area contributed by atoms with Gasteiger partial charge in [-0.15, -0.1) is 0 Å². The molecule has 10 heteroatoms. The fraction of sp³-hybridized carbons (Fsp3) is 0.480. The van der Waals surface area contributed by atoms with Crippen LogP contribution in [0.1, 0.15) is 67.0 Å². The average molecular weight is 483 g/mol. The molecule has 3 aromatic rings. The lowest BCUT2D eigenvalue weighted by Crippen LogP contribution is -2.49. The highest BCUT2D eigenvalue weighted by atomic mass is 19.1. The van der Waals surface area contributed by atoms with E-state index in [0.717, 1.165) is 31.4 Å². The number of pyridine rings is 1. The minimum atomic E-state index is -0.795. The Morgan fingerprint density at radius 3 is 2.57 bits per heavy atom. The van der Waals surface area contributed by atoms with Crippen LogP contribution in [0.15, 0.2) is 22.9 Å². The van der Waals surface area contributed by atoms with E-state index in [1.54, 1.807) is 26.0 Å². The summed E-state index contributed by atoms with van der Waals surface area (Å²) >= 11 is 0. The maximum absolute atomic E-state index is 15.0. The van der Waals surface area contributed by atoms with Crippen molar-refractivity contribution in [2.75, 3.05) is 5.32 Å². The third kappa shape index (κ3) is 5.26. The van der Waals surface area contributed by atoms with Gasteiger partial charge >= 0.3 is 0 Å². The molecule has 1 fully saturated rings. The van der Waals surface area contributed by atoms with Crippen LogP contribution in [0.5, 0.6) is 0 Å². The molecule has 0 spiro atoms. The third-order valence-corrected chi connectivity index (χ3v) is 6.84. The second kappa shape index (κ2) is 10.4. The number of hydrogen-bond donors (Lipinski definition) is 3. The molecule has 1 unspecified atom stereocenters. The largest absolute Gasteiger partial charge is 0.364 e. The summed E-state index contributed by atoms with van der Waals surface area (Å²) in [6, 6.07) is 2.36. The number of anilines is 1. The highest BCUT2D eigenvalue weighted by Gasteiger charge is 2.33. The standard InChI is InChI=1S/C25H31FN6O3/c1-5-19-21(15(4)30-31-19)17-10-11-20(27-23(17)26)28-25(34)22(16-8-6-13(2)7-9-16)29-24(33)18-12-35-32-14(18)3/h10-13,16,22H,5-9H2,1-4H3,(H,29,33)(H,30,31)(H,27,28,34). The Morgan fingerprint density at radius 2 is 1.94 bits per heavy atom. The normalized spacial score (nSPS) is 18.8. The van der Waals surface area contributed by atoms with Crippen molar-refractivity contribution in [1.82, 2.24) is 25.7 Å². The number of amides is 2. The molecular formula is C25H31FN6O3. The Bertz CT molecular complexity index is 1210. The van der Waals surface area contributed by atoms with E-state index >= 15 is 4.39 Å². The van der Waals surface area contributed by atoms with E-state index < -0.39 is 23.8 Å². The lowest BCUT2D eigenvalue weighted by molar-refractivity contribution is -0.119. The van der Waals surface area contributed by atoms with E-state index in [1.165, 1.54) is 6.26 Å². The smallest absolute Gasteiger partial charge is 0.257 e. The quantitative estimate of drug-likeness (QED) is 0.430. The minimum absolute atomic E-state index is 0.0415.